The molecule has 2 saturated heterocycles. The van der Waals surface area contributed by atoms with Crippen molar-refractivity contribution >= 4 is 23.8 Å². The SMILES string of the molecule is CN[C@@]12CS[C@H](CCCCC(=O)O)[C@@H]1NC(=O)N2. The highest BCUT2D eigenvalue weighted by Gasteiger charge is 2.53. The molecule has 18 heavy (non-hydrogen) atoms. The number of fused-ring (bicyclic) bond motifs is 1. The Morgan fingerprint density at radius 3 is 3.06 bits per heavy atom. The van der Waals surface area contributed by atoms with Gasteiger partial charge in [0.2, 0.25) is 0 Å². The first kappa shape index (κ1) is 13.5. The van der Waals surface area contributed by atoms with Crippen molar-refractivity contribution < 1.29 is 14.7 Å². The van der Waals surface area contributed by atoms with Gasteiger partial charge in [0, 0.05) is 17.4 Å². The summed E-state index contributed by atoms with van der Waals surface area (Å²) >= 11 is 1.83. The maximum absolute atomic E-state index is 11.4. The molecule has 2 rings (SSSR count). The van der Waals surface area contributed by atoms with Gasteiger partial charge in [0.05, 0.1) is 6.04 Å². The molecule has 0 aliphatic carbocycles. The zero-order chi connectivity index (χ0) is 13.2. The minimum atomic E-state index is -0.741. The Bertz CT molecular complexity index is 352. The number of aliphatic carboxylic acids is 1. The summed E-state index contributed by atoms with van der Waals surface area (Å²) in [6, 6.07) is -0.0324. The maximum atomic E-state index is 11.4. The van der Waals surface area contributed by atoms with Crippen molar-refractivity contribution in [2.45, 2.75) is 42.6 Å². The first-order chi connectivity index (χ1) is 8.57. The Kier molecular flexibility index (Phi) is 4.01. The lowest BCUT2D eigenvalue weighted by molar-refractivity contribution is -0.137. The van der Waals surface area contributed by atoms with Crippen LogP contribution in [0.5, 0.6) is 0 Å². The lowest BCUT2D eigenvalue weighted by Gasteiger charge is -2.28. The van der Waals surface area contributed by atoms with Gasteiger partial charge in [0.1, 0.15) is 5.66 Å². The predicted octanol–water partition coefficient (Wildman–Crippen LogP) is 0.344. The summed E-state index contributed by atoms with van der Waals surface area (Å²) < 4.78 is 0. The van der Waals surface area contributed by atoms with Gasteiger partial charge in [0.25, 0.3) is 0 Å². The lowest BCUT2D eigenvalue weighted by atomic mass is 9.97. The Morgan fingerprint density at radius 2 is 2.39 bits per heavy atom. The average Bonchev–Trinajstić information content (AvgIpc) is 2.80. The molecule has 6 nitrogen and oxygen atoms in total. The standard InChI is InChI=1S/C11H19N3O3S/c1-12-11-6-18-7(4-2-3-5-8(15)16)9(11)13-10(17)14-11/h7,9,12H,2-6H2,1H3,(H,15,16)(H2,13,14,17)/t7-,9+,11-/m1/s1. The van der Waals surface area contributed by atoms with Crippen molar-refractivity contribution in [3.05, 3.63) is 0 Å². The molecule has 2 amide bonds. The minimum absolute atomic E-state index is 0.0878. The molecule has 0 aromatic heterocycles. The van der Waals surface area contributed by atoms with E-state index in [-0.39, 0.29) is 24.2 Å². The molecular formula is C11H19N3O3S. The van der Waals surface area contributed by atoms with Crippen LogP contribution in [-0.2, 0) is 4.79 Å². The fourth-order valence-corrected chi connectivity index (χ4v) is 4.31. The number of hydrogen-bond donors (Lipinski definition) is 4. The minimum Gasteiger partial charge on any atom is -0.481 e. The topological polar surface area (TPSA) is 90.5 Å². The third-order valence-electron chi connectivity index (χ3n) is 3.63. The van der Waals surface area contributed by atoms with Crippen molar-refractivity contribution in [1.82, 2.24) is 16.0 Å². The second-order valence-corrected chi connectivity index (χ2v) is 6.01. The van der Waals surface area contributed by atoms with Crippen molar-refractivity contribution in [2.75, 3.05) is 12.8 Å². The summed E-state index contributed by atoms with van der Waals surface area (Å²) in [4.78, 5) is 21.9. The molecule has 2 heterocycles. The molecule has 0 aromatic carbocycles. The van der Waals surface area contributed by atoms with Crippen LogP contribution in [0.3, 0.4) is 0 Å². The van der Waals surface area contributed by atoms with Crippen LogP contribution in [0.15, 0.2) is 0 Å². The fraction of sp³-hybridized carbons (Fsp3) is 0.818. The van der Waals surface area contributed by atoms with Crippen LogP contribution in [0.25, 0.3) is 0 Å². The van der Waals surface area contributed by atoms with Gasteiger partial charge in [-0.25, -0.2) is 4.79 Å². The molecule has 0 radical (unpaired) electrons. The highest BCUT2D eigenvalue weighted by atomic mass is 32.2. The molecule has 2 aliphatic heterocycles. The van der Waals surface area contributed by atoms with Gasteiger partial charge in [-0.3, -0.25) is 10.1 Å². The van der Waals surface area contributed by atoms with Crippen molar-refractivity contribution in [3.63, 3.8) is 0 Å². The van der Waals surface area contributed by atoms with E-state index in [1.807, 2.05) is 18.8 Å². The normalized spacial score (nSPS) is 33.9. The molecule has 2 aliphatic rings. The van der Waals surface area contributed by atoms with Crippen molar-refractivity contribution in [3.8, 4) is 0 Å². The molecule has 4 N–H and O–H groups in total. The monoisotopic (exact) mass is 273 g/mol. The van der Waals surface area contributed by atoms with Gasteiger partial charge < -0.3 is 15.7 Å². The summed E-state index contributed by atoms with van der Waals surface area (Å²) in [5.41, 5.74) is -0.334. The number of carbonyl (C=O) groups excluding carboxylic acids is 1. The smallest absolute Gasteiger partial charge is 0.316 e. The number of unbranched alkanes of at least 4 members (excludes halogenated alkanes) is 1. The molecule has 7 heteroatoms. The molecule has 102 valence electrons. The molecule has 0 saturated carbocycles. The average molecular weight is 273 g/mol. The molecule has 3 atom stereocenters. The summed E-state index contributed by atoms with van der Waals surface area (Å²) in [6.07, 6.45) is 2.75. The van der Waals surface area contributed by atoms with Crippen molar-refractivity contribution in [2.24, 2.45) is 0 Å². The Balaban J connectivity index is 1.84. The maximum Gasteiger partial charge on any atom is 0.316 e. The van der Waals surface area contributed by atoms with E-state index in [0.29, 0.717) is 11.7 Å². The predicted molar refractivity (Wildman–Crippen MR) is 69.6 cm³/mol. The van der Waals surface area contributed by atoms with E-state index < -0.39 is 5.97 Å². The number of carboxylic acids is 1. The van der Waals surface area contributed by atoms with E-state index in [9.17, 15) is 9.59 Å². The number of urea groups is 1. The summed E-state index contributed by atoms with van der Waals surface area (Å²) in [7, 11) is 1.85. The van der Waals surface area contributed by atoms with Gasteiger partial charge in [-0.1, -0.05) is 6.42 Å². The molecule has 0 unspecified atom stereocenters. The number of rotatable bonds is 6. The second-order valence-electron chi connectivity index (χ2n) is 4.79. The number of amides is 2. The van der Waals surface area contributed by atoms with E-state index in [1.165, 1.54) is 0 Å². The van der Waals surface area contributed by atoms with Crippen LogP contribution in [0.1, 0.15) is 25.7 Å². The van der Waals surface area contributed by atoms with E-state index in [0.717, 1.165) is 18.6 Å². The second kappa shape index (κ2) is 5.36. The van der Waals surface area contributed by atoms with Gasteiger partial charge in [-0.2, -0.15) is 11.8 Å². The lowest BCUT2D eigenvalue weighted by Crippen LogP contribution is -2.60. The zero-order valence-electron chi connectivity index (χ0n) is 10.4. The number of carbonyl (C=O) groups is 2. The summed E-state index contributed by atoms with van der Waals surface area (Å²) in [5, 5.41) is 18.0. The zero-order valence-corrected chi connectivity index (χ0v) is 11.2. The number of likely N-dealkylation sites (N-methyl/N-ethyl adjacent to an activating group) is 1. The Morgan fingerprint density at radius 1 is 1.61 bits per heavy atom. The first-order valence-electron chi connectivity index (χ1n) is 6.18. The highest BCUT2D eigenvalue weighted by molar-refractivity contribution is 8.00. The Hall–Kier alpha value is -0.950. The van der Waals surface area contributed by atoms with Crippen LogP contribution in [0.4, 0.5) is 4.79 Å². The van der Waals surface area contributed by atoms with Crippen LogP contribution in [-0.4, -0.2) is 46.9 Å². The Labute approximate surface area is 110 Å². The molecular weight excluding hydrogens is 254 g/mol. The van der Waals surface area contributed by atoms with Gasteiger partial charge in [-0.15, -0.1) is 0 Å². The quantitative estimate of drug-likeness (QED) is 0.414. The van der Waals surface area contributed by atoms with Gasteiger partial charge >= 0.3 is 12.0 Å². The summed E-state index contributed by atoms with van der Waals surface area (Å²) in [6.45, 7) is 0. The largest absolute Gasteiger partial charge is 0.481 e. The molecule has 2 fully saturated rings. The number of nitrogens with one attached hydrogen (secondary N) is 3. The van der Waals surface area contributed by atoms with Gasteiger partial charge in [-0.05, 0) is 19.9 Å². The molecule has 0 bridgehead atoms. The summed E-state index contributed by atoms with van der Waals surface area (Å²) in [5.74, 6) is 0.103. The van der Waals surface area contributed by atoms with E-state index in [1.54, 1.807) is 0 Å². The van der Waals surface area contributed by atoms with E-state index in [2.05, 4.69) is 16.0 Å². The van der Waals surface area contributed by atoms with Crippen molar-refractivity contribution in [1.29, 1.82) is 0 Å². The highest BCUT2D eigenvalue weighted by Crippen LogP contribution is 2.38. The number of carboxylic acid groups (broad SMARTS) is 1. The van der Waals surface area contributed by atoms with Crippen LogP contribution in [0, 0.1) is 0 Å². The third-order valence-corrected chi connectivity index (χ3v) is 5.18. The number of thioether (sulfide) groups is 1. The third kappa shape index (κ3) is 2.56. The van der Waals surface area contributed by atoms with E-state index >= 15 is 0 Å². The fourth-order valence-electron chi connectivity index (χ4n) is 2.61. The van der Waals surface area contributed by atoms with Crippen LogP contribution >= 0.6 is 11.8 Å². The van der Waals surface area contributed by atoms with Gasteiger partial charge in [0.15, 0.2) is 0 Å². The van der Waals surface area contributed by atoms with E-state index in [4.69, 9.17) is 5.11 Å². The number of hydrogen-bond acceptors (Lipinski definition) is 4. The molecule has 0 aromatic rings. The first-order valence-corrected chi connectivity index (χ1v) is 7.23. The van der Waals surface area contributed by atoms with Crippen LogP contribution < -0.4 is 16.0 Å². The van der Waals surface area contributed by atoms with Crippen LogP contribution in [0.2, 0.25) is 0 Å². The molecule has 0 spiro atoms.